The Kier molecular flexibility index (Phi) is 3.91. The number of rotatable bonds is 3. The third-order valence-corrected chi connectivity index (χ3v) is 6.09. The minimum absolute atomic E-state index is 0.0284. The quantitative estimate of drug-likeness (QED) is 0.788. The molecule has 1 fully saturated rings. The molecule has 0 aromatic carbocycles. The zero-order valence-electron chi connectivity index (χ0n) is 13.1. The van der Waals surface area contributed by atoms with Gasteiger partial charge in [0, 0.05) is 6.20 Å². The Bertz CT molecular complexity index is 735. The van der Waals surface area contributed by atoms with Gasteiger partial charge in [-0.1, -0.05) is 11.8 Å². The number of nitrogens with zero attached hydrogens (tertiary/aromatic N) is 5. The van der Waals surface area contributed by atoms with E-state index in [-0.39, 0.29) is 24.6 Å². The molecule has 4 aliphatic heterocycles. The number of hydrogen-bond donors (Lipinski definition) is 0. The molecule has 1 saturated heterocycles. The highest BCUT2D eigenvalue weighted by Gasteiger charge is 2.55. The highest BCUT2D eigenvalue weighted by atomic mass is 32.2. The zero-order chi connectivity index (χ0) is 16.6. The Morgan fingerprint density at radius 3 is 3.04 bits per heavy atom. The molecule has 4 rings (SSSR count). The molecule has 0 N–H and O–H groups in total. The average molecular weight is 339 g/mol. The van der Waals surface area contributed by atoms with Gasteiger partial charge in [0.2, 0.25) is 0 Å². The van der Waals surface area contributed by atoms with E-state index >= 15 is 0 Å². The highest BCUT2D eigenvalue weighted by Crippen LogP contribution is 2.48. The van der Waals surface area contributed by atoms with Crippen LogP contribution in [0.4, 0.5) is 0 Å². The average Bonchev–Trinajstić information content (AvgIpc) is 3.14. The van der Waals surface area contributed by atoms with E-state index in [1.54, 1.807) is 11.8 Å². The molecular weight excluding hydrogens is 322 g/mol. The van der Waals surface area contributed by atoms with Gasteiger partial charge in [-0.2, -0.15) is 10.5 Å². The number of nitriles is 2. The van der Waals surface area contributed by atoms with Crippen LogP contribution in [0, 0.1) is 22.7 Å². The molecule has 0 bridgehead atoms. The van der Waals surface area contributed by atoms with Crippen LogP contribution >= 0.6 is 11.8 Å². The normalized spacial score (nSPS) is 36.4. The summed E-state index contributed by atoms with van der Waals surface area (Å²) in [5.41, 5.74) is 0.956. The fourth-order valence-electron chi connectivity index (χ4n) is 3.83. The minimum Gasteiger partial charge on any atom is -0.375 e. The van der Waals surface area contributed by atoms with Gasteiger partial charge in [-0.25, -0.2) is 4.99 Å². The maximum absolute atomic E-state index is 9.23. The number of aliphatic imine (C=N–C) groups is 2. The molecule has 2 unspecified atom stereocenters. The maximum atomic E-state index is 9.23. The molecule has 1 spiro atoms. The van der Waals surface area contributed by atoms with Gasteiger partial charge in [0.05, 0.1) is 55.5 Å². The van der Waals surface area contributed by atoms with Gasteiger partial charge in [-0.05, 0) is 30.4 Å². The summed E-state index contributed by atoms with van der Waals surface area (Å²) in [5, 5.41) is 20.1. The van der Waals surface area contributed by atoms with E-state index in [2.05, 4.69) is 28.1 Å². The largest absolute Gasteiger partial charge is 0.375 e. The summed E-state index contributed by atoms with van der Waals surface area (Å²) in [4.78, 5) is 11.2. The van der Waals surface area contributed by atoms with E-state index < -0.39 is 4.87 Å². The van der Waals surface area contributed by atoms with Gasteiger partial charge < -0.3 is 9.64 Å². The predicted octanol–water partition coefficient (Wildman–Crippen LogP) is 2.37. The van der Waals surface area contributed by atoms with Crippen LogP contribution in [-0.4, -0.2) is 46.1 Å². The van der Waals surface area contributed by atoms with Crippen molar-refractivity contribution in [2.24, 2.45) is 9.98 Å². The molecule has 0 aromatic heterocycles. The van der Waals surface area contributed by atoms with E-state index in [1.807, 2.05) is 17.7 Å². The lowest BCUT2D eigenvalue weighted by Gasteiger charge is -2.41. The second-order valence-electron chi connectivity index (χ2n) is 6.24. The van der Waals surface area contributed by atoms with Gasteiger partial charge in [0.15, 0.2) is 4.87 Å². The third-order valence-electron chi connectivity index (χ3n) is 4.91. The number of amidine groups is 1. The Labute approximate surface area is 145 Å². The van der Waals surface area contributed by atoms with Crippen LogP contribution in [0.15, 0.2) is 33.7 Å². The van der Waals surface area contributed by atoms with Crippen molar-refractivity contribution in [3.63, 3.8) is 0 Å². The lowest BCUT2D eigenvalue weighted by atomic mass is 9.96. The van der Waals surface area contributed by atoms with Crippen LogP contribution in [0.1, 0.15) is 25.7 Å². The van der Waals surface area contributed by atoms with E-state index in [0.717, 1.165) is 24.4 Å². The Hall–Kier alpha value is -2.09. The SMILES string of the molecule is N#CCC1=NC23SC=CC2=NC=CC3N1[C@H]1CC[C@@H](CC#N)OC1. The van der Waals surface area contributed by atoms with Crippen molar-refractivity contribution in [2.45, 2.75) is 48.7 Å². The van der Waals surface area contributed by atoms with Crippen molar-refractivity contribution in [2.75, 3.05) is 6.61 Å². The molecule has 0 saturated carbocycles. The number of hydrogen-bond acceptors (Lipinski definition) is 7. The van der Waals surface area contributed by atoms with Crippen molar-refractivity contribution in [1.82, 2.24) is 4.90 Å². The summed E-state index contributed by atoms with van der Waals surface area (Å²) in [6.45, 7) is 0.571. The second kappa shape index (κ2) is 6.08. The summed E-state index contributed by atoms with van der Waals surface area (Å²) in [5.74, 6) is 0.824. The molecule has 6 nitrogen and oxygen atoms in total. The van der Waals surface area contributed by atoms with Gasteiger partial charge >= 0.3 is 0 Å². The maximum Gasteiger partial charge on any atom is 0.177 e. The van der Waals surface area contributed by atoms with Crippen LogP contribution in [0.25, 0.3) is 0 Å². The lowest BCUT2D eigenvalue weighted by molar-refractivity contribution is -0.0221. The molecule has 0 aliphatic carbocycles. The van der Waals surface area contributed by atoms with Crippen molar-refractivity contribution >= 4 is 23.3 Å². The van der Waals surface area contributed by atoms with Crippen LogP contribution < -0.4 is 0 Å². The molecule has 4 heterocycles. The van der Waals surface area contributed by atoms with E-state index in [0.29, 0.717) is 13.0 Å². The van der Waals surface area contributed by atoms with Crippen molar-refractivity contribution in [3.05, 3.63) is 23.8 Å². The first-order chi connectivity index (χ1) is 11.8. The smallest absolute Gasteiger partial charge is 0.177 e. The van der Waals surface area contributed by atoms with Gasteiger partial charge in [0.1, 0.15) is 5.84 Å². The van der Waals surface area contributed by atoms with Crippen LogP contribution in [0.3, 0.4) is 0 Å². The minimum atomic E-state index is -0.440. The fraction of sp³-hybridized carbons (Fsp3) is 0.529. The Balaban J connectivity index is 1.60. The van der Waals surface area contributed by atoms with Gasteiger partial charge in [-0.3, -0.25) is 4.99 Å². The fourth-order valence-corrected chi connectivity index (χ4v) is 4.96. The molecule has 4 aliphatic rings. The second-order valence-corrected chi connectivity index (χ2v) is 7.37. The monoisotopic (exact) mass is 339 g/mol. The van der Waals surface area contributed by atoms with Gasteiger partial charge in [-0.15, -0.1) is 0 Å². The molecular formula is C17H17N5OS. The molecule has 0 radical (unpaired) electrons. The molecule has 0 amide bonds. The summed E-state index contributed by atoms with van der Waals surface area (Å²) >= 11 is 1.67. The van der Waals surface area contributed by atoms with Crippen LogP contribution in [0.2, 0.25) is 0 Å². The molecule has 24 heavy (non-hydrogen) atoms. The third kappa shape index (κ3) is 2.28. The lowest BCUT2D eigenvalue weighted by Crippen LogP contribution is -2.54. The molecule has 0 aromatic rings. The van der Waals surface area contributed by atoms with Crippen molar-refractivity contribution in [3.8, 4) is 12.1 Å². The van der Waals surface area contributed by atoms with Crippen LogP contribution in [0.5, 0.6) is 0 Å². The predicted molar refractivity (Wildman–Crippen MR) is 92.3 cm³/mol. The number of ether oxygens (including phenoxy) is 1. The zero-order valence-corrected chi connectivity index (χ0v) is 13.9. The molecule has 7 heteroatoms. The molecule has 4 atom stereocenters. The Morgan fingerprint density at radius 2 is 2.29 bits per heavy atom. The standard InChI is InChI=1S/C17H17N5OS/c18-7-3-13-2-1-12(11-23-13)22-15-5-9-20-14-6-10-24-17(14,15)21-16(22)4-8-19/h5-6,9-10,12-13,15H,1-4,11H2/t12-,13-,15?,17?/m0/s1. The summed E-state index contributed by atoms with van der Waals surface area (Å²) in [6.07, 6.45) is 8.51. The first-order valence-corrected chi connectivity index (χ1v) is 8.98. The number of thioether (sulfide) groups is 1. The van der Waals surface area contributed by atoms with Crippen molar-refractivity contribution in [1.29, 1.82) is 10.5 Å². The van der Waals surface area contributed by atoms with E-state index in [4.69, 9.17) is 15.0 Å². The van der Waals surface area contributed by atoms with Crippen molar-refractivity contribution < 1.29 is 4.74 Å². The topological polar surface area (TPSA) is 84.8 Å². The Morgan fingerprint density at radius 1 is 1.38 bits per heavy atom. The molecule has 122 valence electrons. The summed E-state index contributed by atoms with van der Waals surface area (Å²) in [6, 6.07) is 4.67. The van der Waals surface area contributed by atoms with Crippen LogP contribution in [-0.2, 0) is 4.74 Å². The van der Waals surface area contributed by atoms with E-state index in [9.17, 15) is 5.26 Å². The first-order valence-electron chi connectivity index (χ1n) is 8.10. The summed E-state index contributed by atoms with van der Waals surface area (Å²) in [7, 11) is 0. The highest BCUT2D eigenvalue weighted by molar-refractivity contribution is 8.04. The van der Waals surface area contributed by atoms with E-state index in [1.165, 1.54) is 0 Å². The summed E-state index contributed by atoms with van der Waals surface area (Å²) < 4.78 is 5.88. The first kappa shape index (κ1) is 15.4. The van der Waals surface area contributed by atoms with Gasteiger partial charge in [0.25, 0.3) is 0 Å².